The van der Waals surface area contributed by atoms with E-state index in [2.05, 4.69) is 19.2 Å². The van der Waals surface area contributed by atoms with E-state index < -0.39 is 10.0 Å². The average Bonchev–Trinajstić information content (AvgIpc) is 2.86. The number of amides is 1. The molecule has 0 aliphatic carbocycles. The molecule has 1 atom stereocenters. The number of hydrogen-bond acceptors (Lipinski definition) is 4. The summed E-state index contributed by atoms with van der Waals surface area (Å²) in [5, 5.41) is 3.02. The van der Waals surface area contributed by atoms with Crippen LogP contribution in [0.2, 0.25) is 0 Å². The first-order chi connectivity index (χ1) is 17.1. The van der Waals surface area contributed by atoms with Crippen LogP contribution in [0.25, 0.3) is 0 Å². The van der Waals surface area contributed by atoms with Crippen LogP contribution >= 0.6 is 0 Å². The third kappa shape index (κ3) is 6.26. The third-order valence-electron chi connectivity index (χ3n) is 6.31. The van der Waals surface area contributed by atoms with Crippen molar-refractivity contribution in [2.45, 2.75) is 57.9 Å². The lowest BCUT2D eigenvalue weighted by Crippen LogP contribution is -2.42. The number of anilines is 1. The van der Waals surface area contributed by atoms with Gasteiger partial charge in [0.1, 0.15) is 12.3 Å². The van der Waals surface area contributed by atoms with Crippen molar-refractivity contribution in [2.75, 3.05) is 18.0 Å². The molecule has 0 saturated heterocycles. The highest BCUT2D eigenvalue weighted by atomic mass is 32.2. The molecular weight excluding hydrogens is 472 g/mol. The van der Waals surface area contributed by atoms with Gasteiger partial charge in [-0.25, -0.2) is 8.42 Å². The van der Waals surface area contributed by atoms with Crippen molar-refractivity contribution in [3.05, 3.63) is 89.0 Å². The molecule has 1 amide bonds. The Balaban J connectivity index is 1.92. The molecule has 0 bridgehead atoms. The fourth-order valence-corrected chi connectivity index (χ4v) is 5.51. The Morgan fingerprint density at radius 3 is 2.08 bits per heavy atom. The van der Waals surface area contributed by atoms with Gasteiger partial charge in [0.25, 0.3) is 10.0 Å². The molecule has 192 valence electrons. The topological polar surface area (TPSA) is 75.7 Å². The van der Waals surface area contributed by atoms with Crippen molar-refractivity contribution >= 4 is 21.6 Å². The van der Waals surface area contributed by atoms with E-state index in [9.17, 15) is 13.2 Å². The zero-order valence-electron chi connectivity index (χ0n) is 21.9. The molecule has 0 fully saturated rings. The molecule has 1 N–H and O–H groups in total. The van der Waals surface area contributed by atoms with E-state index in [0.29, 0.717) is 18.0 Å². The number of hydrogen-bond donors (Lipinski definition) is 1. The van der Waals surface area contributed by atoms with Gasteiger partial charge in [-0.1, -0.05) is 62.7 Å². The van der Waals surface area contributed by atoms with Crippen molar-refractivity contribution in [1.29, 1.82) is 0 Å². The number of carbonyl (C=O) groups is 1. The lowest BCUT2D eigenvalue weighted by Gasteiger charge is -2.26. The second-order valence-electron chi connectivity index (χ2n) is 9.33. The van der Waals surface area contributed by atoms with Crippen LogP contribution in [0, 0.1) is 13.8 Å². The second kappa shape index (κ2) is 11.6. The lowest BCUT2D eigenvalue weighted by atomic mass is 10.0. The Bertz CT molecular complexity index is 1280. The number of ether oxygens (including phenoxy) is 1. The first-order valence-corrected chi connectivity index (χ1v) is 13.6. The number of aryl methyl sites for hydroxylation is 2. The zero-order chi connectivity index (χ0) is 26.5. The predicted molar refractivity (Wildman–Crippen MR) is 145 cm³/mol. The molecular formula is C29H36N2O4S. The van der Waals surface area contributed by atoms with E-state index in [4.69, 9.17) is 4.74 Å². The number of nitrogens with zero attached hydrogens (tertiary/aromatic N) is 1. The number of methoxy groups -OCH3 is 1. The number of nitrogens with one attached hydrogen (secondary N) is 1. The lowest BCUT2D eigenvalue weighted by molar-refractivity contribution is -0.120. The molecule has 0 spiro atoms. The Hall–Kier alpha value is -3.32. The molecule has 7 heteroatoms. The molecule has 0 heterocycles. The molecule has 0 aliphatic heterocycles. The molecule has 3 aromatic rings. The number of rotatable bonds is 10. The molecule has 0 aromatic heterocycles. The second-order valence-corrected chi connectivity index (χ2v) is 11.2. The van der Waals surface area contributed by atoms with Gasteiger partial charge in [-0.05, 0) is 73.2 Å². The van der Waals surface area contributed by atoms with E-state index in [0.717, 1.165) is 28.0 Å². The molecule has 36 heavy (non-hydrogen) atoms. The quantitative estimate of drug-likeness (QED) is 0.370. The molecule has 0 saturated carbocycles. The van der Waals surface area contributed by atoms with Crippen LogP contribution in [-0.2, 0) is 14.8 Å². The summed E-state index contributed by atoms with van der Waals surface area (Å²) in [5.41, 5.74) is 4.41. The predicted octanol–water partition coefficient (Wildman–Crippen LogP) is 5.90. The largest absolute Gasteiger partial charge is 0.496 e. The van der Waals surface area contributed by atoms with Crippen molar-refractivity contribution < 1.29 is 17.9 Å². The van der Waals surface area contributed by atoms with Crippen LogP contribution in [0.4, 0.5) is 5.69 Å². The van der Waals surface area contributed by atoms with Crippen molar-refractivity contribution in [2.24, 2.45) is 0 Å². The van der Waals surface area contributed by atoms with Crippen LogP contribution in [0.15, 0.2) is 71.6 Å². The van der Waals surface area contributed by atoms with Gasteiger partial charge in [0.05, 0.1) is 23.7 Å². The van der Waals surface area contributed by atoms with Gasteiger partial charge in [0, 0.05) is 0 Å². The minimum absolute atomic E-state index is 0.145. The summed E-state index contributed by atoms with van der Waals surface area (Å²) in [7, 11) is -2.34. The molecule has 3 aromatic carbocycles. The van der Waals surface area contributed by atoms with E-state index in [1.807, 2.05) is 51.1 Å². The molecule has 1 unspecified atom stereocenters. The normalized spacial score (nSPS) is 12.3. The summed E-state index contributed by atoms with van der Waals surface area (Å²) in [5.74, 6) is 0.710. The minimum atomic E-state index is -3.97. The average molecular weight is 509 g/mol. The van der Waals surface area contributed by atoms with Gasteiger partial charge in [0.2, 0.25) is 5.91 Å². The summed E-state index contributed by atoms with van der Waals surface area (Å²) >= 11 is 0. The van der Waals surface area contributed by atoms with Crippen LogP contribution in [0.3, 0.4) is 0 Å². The summed E-state index contributed by atoms with van der Waals surface area (Å²) in [4.78, 5) is 13.4. The fraction of sp³-hybridized carbons (Fsp3) is 0.345. The number of carbonyl (C=O) groups excluding carboxylic acids is 1. The minimum Gasteiger partial charge on any atom is -0.496 e. The Morgan fingerprint density at radius 2 is 1.56 bits per heavy atom. The maximum Gasteiger partial charge on any atom is 0.264 e. The summed E-state index contributed by atoms with van der Waals surface area (Å²) in [6, 6.07) is 19.5. The highest BCUT2D eigenvalue weighted by molar-refractivity contribution is 7.92. The van der Waals surface area contributed by atoms with E-state index in [1.165, 1.54) is 4.31 Å². The van der Waals surface area contributed by atoms with Gasteiger partial charge in [-0.3, -0.25) is 9.10 Å². The Morgan fingerprint density at radius 1 is 0.944 bits per heavy atom. The summed E-state index contributed by atoms with van der Waals surface area (Å²) in [6.07, 6.45) is 0.658. The highest BCUT2D eigenvalue weighted by Gasteiger charge is 2.28. The Kier molecular flexibility index (Phi) is 8.79. The van der Waals surface area contributed by atoms with E-state index in [1.54, 1.807) is 43.5 Å². The maximum atomic E-state index is 13.7. The van der Waals surface area contributed by atoms with Crippen LogP contribution in [-0.4, -0.2) is 28.0 Å². The highest BCUT2D eigenvalue weighted by Crippen LogP contribution is 2.27. The van der Waals surface area contributed by atoms with Crippen LogP contribution < -0.4 is 14.4 Å². The molecule has 0 radical (unpaired) electrons. The first-order valence-electron chi connectivity index (χ1n) is 12.2. The fourth-order valence-electron chi connectivity index (χ4n) is 4.09. The number of benzene rings is 3. The summed E-state index contributed by atoms with van der Waals surface area (Å²) in [6.45, 7) is 9.66. The molecule has 3 rings (SSSR count). The monoisotopic (exact) mass is 508 g/mol. The smallest absolute Gasteiger partial charge is 0.264 e. The van der Waals surface area contributed by atoms with Crippen molar-refractivity contribution in [3.63, 3.8) is 0 Å². The summed E-state index contributed by atoms with van der Waals surface area (Å²) < 4.78 is 33.9. The van der Waals surface area contributed by atoms with Crippen LogP contribution in [0.5, 0.6) is 5.75 Å². The van der Waals surface area contributed by atoms with Gasteiger partial charge < -0.3 is 10.1 Å². The molecule has 6 nitrogen and oxygen atoms in total. The van der Waals surface area contributed by atoms with Crippen LogP contribution in [0.1, 0.15) is 61.4 Å². The number of sulfonamides is 1. The van der Waals surface area contributed by atoms with Gasteiger partial charge >= 0.3 is 0 Å². The third-order valence-corrected chi connectivity index (χ3v) is 8.10. The van der Waals surface area contributed by atoms with E-state index >= 15 is 0 Å². The SMILES string of the molecule is CCC(NC(=O)CN(c1ccc(C(C)C)cc1)S(=O)(=O)c1ccc(C)cc1)c1ccc(OC)c(C)c1. The maximum absolute atomic E-state index is 13.7. The zero-order valence-corrected chi connectivity index (χ0v) is 22.7. The van der Waals surface area contributed by atoms with Crippen molar-refractivity contribution in [1.82, 2.24) is 5.32 Å². The van der Waals surface area contributed by atoms with Gasteiger partial charge in [-0.2, -0.15) is 0 Å². The van der Waals surface area contributed by atoms with E-state index in [-0.39, 0.29) is 23.4 Å². The standard InChI is InChI=1S/C29H36N2O4S/c1-7-27(24-12-17-28(35-6)22(5)18-24)30-29(32)19-31(25-13-10-23(11-14-25)20(2)3)36(33,34)26-15-8-21(4)9-16-26/h8-18,20,27H,7,19H2,1-6H3,(H,30,32). The van der Waals surface area contributed by atoms with Gasteiger partial charge in [0.15, 0.2) is 0 Å². The van der Waals surface area contributed by atoms with Crippen molar-refractivity contribution in [3.8, 4) is 5.75 Å². The van der Waals surface area contributed by atoms with Gasteiger partial charge in [-0.15, -0.1) is 0 Å². The first kappa shape index (κ1) is 27.3. The Labute approximate surface area is 215 Å². The molecule has 0 aliphatic rings.